The SMILES string of the molecule is COc1cc(-c2cccc3c2nc(-c2ccc(F)cc2F)n3C)ccc1-n1cnc(C)c1. The molecule has 2 heterocycles. The Morgan fingerprint density at radius 3 is 2.53 bits per heavy atom. The molecule has 0 radical (unpaired) electrons. The van der Waals surface area contributed by atoms with E-state index in [1.165, 1.54) is 12.1 Å². The van der Waals surface area contributed by atoms with Crippen LogP contribution in [0.25, 0.3) is 39.2 Å². The second-order valence-electron chi connectivity index (χ2n) is 7.60. The zero-order valence-corrected chi connectivity index (χ0v) is 17.8. The average Bonchev–Trinajstić information content (AvgIpc) is 3.36. The number of rotatable bonds is 4. The van der Waals surface area contributed by atoms with E-state index in [0.717, 1.165) is 39.6 Å². The van der Waals surface area contributed by atoms with Crippen LogP contribution in [-0.2, 0) is 7.05 Å². The molecular weight excluding hydrogens is 410 g/mol. The van der Waals surface area contributed by atoms with Crippen molar-refractivity contribution in [2.75, 3.05) is 7.11 Å². The molecule has 5 rings (SSSR count). The molecule has 5 nitrogen and oxygen atoms in total. The molecule has 7 heteroatoms. The molecule has 0 saturated carbocycles. The number of aryl methyl sites for hydroxylation is 2. The normalized spacial score (nSPS) is 11.3. The van der Waals surface area contributed by atoms with Crippen molar-refractivity contribution < 1.29 is 13.5 Å². The molecule has 3 aromatic carbocycles. The van der Waals surface area contributed by atoms with Crippen molar-refractivity contribution in [3.05, 3.63) is 84.4 Å². The Bertz CT molecular complexity index is 1470. The number of hydrogen-bond donors (Lipinski definition) is 0. The maximum atomic E-state index is 14.5. The monoisotopic (exact) mass is 430 g/mol. The third-order valence-corrected chi connectivity index (χ3v) is 5.56. The fourth-order valence-corrected chi connectivity index (χ4v) is 3.97. The van der Waals surface area contributed by atoms with Gasteiger partial charge < -0.3 is 13.9 Å². The van der Waals surface area contributed by atoms with Crippen molar-refractivity contribution in [3.8, 4) is 34.0 Å². The Balaban J connectivity index is 1.67. The van der Waals surface area contributed by atoms with Gasteiger partial charge in [0.05, 0.1) is 41.4 Å². The van der Waals surface area contributed by atoms with E-state index in [9.17, 15) is 8.78 Å². The number of aromatic nitrogens is 4. The van der Waals surface area contributed by atoms with Crippen LogP contribution in [0.1, 0.15) is 5.69 Å². The predicted octanol–water partition coefficient (Wildman–Crippen LogP) is 5.69. The van der Waals surface area contributed by atoms with Gasteiger partial charge in [0.1, 0.15) is 23.2 Å². The smallest absolute Gasteiger partial charge is 0.143 e. The van der Waals surface area contributed by atoms with Crippen molar-refractivity contribution in [2.24, 2.45) is 7.05 Å². The van der Waals surface area contributed by atoms with Crippen molar-refractivity contribution in [2.45, 2.75) is 6.92 Å². The molecule has 32 heavy (non-hydrogen) atoms. The minimum atomic E-state index is -0.647. The van der Waals surface area contributed by atoms with Gasteiger partial charge in [-0.25, -0.2) is 18.7 Å². The summed E-state index contributed by atoms with van der Waals surface area (Å²) in [5, 5.41) is 0. The Kier molecular flexibility index (Phi) is 4.74. The van der Waals surface area contributed by atoms with Gasteiger partial charge in [-0.2, -0.15) is 0 Å². The van der Waals surface area contributed by atoms with E-state index in [-0.39, 0.29) is 5.56 Å². The number of para-hydroxylation sites is 1. The molecule has 0 saturated heterocycles. The lowest BCUT2D eigenvalue weighted by Crippen LogP contribution is -1.96. The number of ether oxygens (including phenoxy) is 1. The van der Waals surface area contributed by atoms with E-state index < -0.39 is 11.6 Å². The van der Waals surface area contributed by atoms with Gasteiger partial charge in [-0.15, -0.1) is 0 Å². The van der Waals surface area contributed by atoms with Gasteiger partial charge in [-0.1, -0.05) is 18.2 Å². The van der Waals surface area contributed by atoms with Crippen LogP contribution in [0.3, 0.4) is 0 Å². The van der Waals surface area contributed by atoms with Crippen molar-refractivity contribution in [1.29, 1.82) is 0 Å². The van der Waals surface area contributed by atoms with E-state index in [1.807, 2.05) is 65.7 Å². The molecule has 2 aromatic heterocycles. The van der Waals surface area contributed by atoms with Crippen LogP contribution in [0.15, 0.2) is 67.1 Å². The van der Waals surface area contributed by atoms with Gasteiger partial charge in [0.15, 0.2) is 0 Å². The molecule has 0 aliphatic carbocycles. The highest BCUT2D eigenvalue weighted by molar-refractivity contribution is 5.94. The standard InChI is InChI=1S/C25H20F2N4O/c1-15-13-31(14-28-15)21-10-7-16(11-23(21)32-3)18-5-4-6-22-24(18)29-25(30(22)2)19-9-8-17(26)12-20(19)27/h4-14H,1-3H3. The Labute approximate surface area is 183 Å². The Morgan fingerprint density at radius 1 is 0.969 bits per heavy atom. The molecule has 0 amide bonds. The summed E-state index contributed by atoms with van der Waals surface area (Å²) < 4.78 is 37.2. The number of benzene rings is 3. The van der Waals surface area contributed by atoms with E-state index in [2.05, 4.69) is 4.98 Å². The van der Waals surface area contributed by atoms with Gasteiger partial charge in [0.2, 0.25) is 0 Å². The van der Waals surface area contributed by atoms with Crippen LogP contribution in [-0.4, -0.2) is 26.2 Å². The van der Waals surface area contributed by atoms with Crippen LogP contribution in [0.5, 0.6) is 5.75 Å². The summed E-state index contributed by atoms with van der Waals surface area (Å²) in [5.41, 5.74) is 5.40. The second-order valence-corrected chi connectivity index (χ2v) is 7.60. The number of nitrogens with zero attached hydrogens (tertiary/aromatic N) is 4. The van der Waals surface area contributed by atoms with Crippen molar-refractivity contribution in [1.82, 2.24) is 19.1 Å². The summed E-state index contributed by atoms with van der Waals surface area (Å²) in [5.74, 6) is -0.141. The predicted molar refractivity (Wildman–Crippen MR) is 120 cm³/mol. The molecule has 0 atom stereocenters. The third kappa shape index (κ3) is 3.22. The van der Waals surface area contributed by atoms with Gasteiger partial charge in [-0.05, 0) is 42.8 Å². The number of fused-ring (bicyclic) bond motifs is 1. The lowest BCUT2D eigenvalue weighted by Gasteiger charge is -2.12. The number of methoxy groups -OCH3 is 1. The highest BCUT2D eigenvalue weighted by atomic mass is 19.1. The first-order chi connectivity index (χ1) is 15.5. The average molecular weight is 430 g/mol. The summed E-state index contributed by atoms with van der Waals surface area (Å²) >= 11 is 0. The van der Waals surface area contributed by atoms with E-state index in [4.69, 9.17) is 9.72 Å². The maximum absolute atomic E-state index is 14.5. The van der Waals surface area contributed by atoms with E-state index >= 15 is 0 Å². The zero-order chi connectivity index (χ0) is 22.4. The van der Waals surface area contributed by atoms with Gasteiger partial charge in [-0.3, -0.25) is 0 Å². The molecule has 0 fully saturated rings. The molecule has 0 aliphatic rings. The lowest BCUT2D eigenvalue weighted by molar-refractivity contribution is 0.413. The minimum absolute atomic E-state index is 0.249. The molecule has 0 aliphatic heterocycles. The first-order valence-corrected chi connectivity index (χ1v) is 10.1. The summed E-state index contributed by atoms with van der Waals surface area (Å²) in [7, 11) is 3.45. The van der Waals surface area contributed by atoms with Crippen molar-refractivity contribution in [3.63, 3.8) is 0 Å². The summed E-state index contributed by atoms with van der Waals surface area (Å²) in [6, 6.07) is 15.3. The molecule has 0 N–H and O–H groups in total. The summed E-state index contributed by atoms with van der Waals surface area (Å²) in [6.45, 7) is 1.93. The first kappa shape index (κ1) is 19.9. The number of halogens is 2. The quantitative estimate of drug-likeness (QED) is 0.368. The van der Waals surface area contributed by atoms with E-state index in [1.54, 1.807) is 13.4 Å². The Hall–Kier alpha value is -4.00. The molecule has 5 aromatic rings. The molecule has 0 bridgehead atoms. The van der Waals surface area contributed by atoms with Crippen LogP contribution in [0.2, 0.25) is 0 Å². The topological polar surface area (TPSA) is 44.9 Å². The van der Waals surface area contributed by atoms with Gasteiger partial charge in [0, 0.05) is 24.9 Å². The molecular formula is C25H20F2N4O. The largest absolute Gasteiger partial charge is 0.495 e. The van der Waals surface area contributed by atoms with Crippen molar-refractivity contribution >= 4 is 11.0 Å². The van der Waals surface area contributed by atoms with Crippen LogP contribution < -0.4 is 4.74 Å². The number of imidazole rings is 2. The van der Waals surface area contributed by atoms with Crippen LogP contribution >= 0.6 is 0 Å². The zero-order valence-electron chi connectivity index (χ0n) is 17.8. The third-order valence-electron chi connectivity index (χ3n) is 5.56. The summed E-state index contributed by atoms with van der Waals surface area (Å²) in [6.07, 6.45) is 3.68. The maximum Gasteiger partial charge on any atom is 0.143 e. The number of hydrogen-bond acceptors (Lipinski definition) is 3. The fraction of sp³-hybridized carbons (Fsp3) is 0.120. The molecule has 0 unspecified atom stereocenters. The minimum Gasteiger partial charge on any atom is -0.495 e. The van der Waals surface area contributed by atoms with E-state index in [0.29, 0.717) is 11.6 Å². The Morgan fingerprint density at radius 2 is 1.81 bits per heavy atom. The van der Waals surface area contributed by atoms with Crippen LogP contribution in [0.4, 0.5) is 8.78 Å². The first-order valence-electron chi connectivity index (χ1n) is 10.1. The second kappa shape index (κ2) is 7.60. The lowest BCUT2D eigenvalue weighted by atomic mass is 10.0. The highest BCUT2D eigenvalue weighted by Gasteiger charge is 2.18. The summed E-state index contributed by atoms with van der Waals surface area (Å²) in [4.78, 5) is 9.02. The fourth-order valence-electron chi connectivity index (χ4n) is 3.97. The molecule has 0 spiro atoms. The van der Waals surface area contributed by atoms with Gasteiger partial charge in [0.25, 0.3) is 0 Å². The van der Waals surface area contributed by atoms with Crippen LogP contribution in [0, 0.1) is 18.6 Å². The van der Waals surface area contributed by atoms with Gasteiger partial charge >= 0.3 is 0 Å². The molecule has 160 valence electrons. The highest BCUT2D eigenvalue weighted by Crippen LogP contribution is 2.35.